The largest absolute Gasteiger partial charge is 0.310 e. The van der Waals surface area contributed by atoms with Gasteiger partial charge in [0, 0.05) is 12.0 Å². The van der Waals surface area contributed by atoms with Gasteiger partial charge in [0.2, 0.25) is 5.91 Å². The predicted octanol–water partition coefficient (Wildman–Crippen LogP) is 2.36. The molecule has 4 nitrogen and oxygen atoms in total. The van der Waals surface area contributed by atoms with E-state index in [1.807, 2.05) is 0 Å². The van der Waals surface area contributed by atoms with Gasteiger partial charge in [-0.3, -0.25) is 4.79 Å². The minimum atomic E-state index is -0.331. The number of rotatable bonds is 3. The summed E-state index contributed by atoms with van der Waals surface area (Å²) in [5.74, 6) is 0.369. The molecule has 2 aromatic rings. The molecule has 0 saturated heterocycles. The zero-order valence-corrected chi connectivity index (χ0v) is 9.64. The van der Waals surface area contributed by atoms with E-state index in [4.69, 9.17) is 0 Å². The average Bonchev–Trinajstić information content (AvgIpc) is 3.11. The fourth-order valence-corrected chi connectivity index (χ4v) is 1.79. The first-order valence-electron chi connectivity index (χ1n) is 5.85. The van der Waals surface area contributed by atoms with Crippen molar-refractivity contribution in [1.82, 2.24) is 9.78 Å². The normalized spacial score (nSPS) is 14.5. The van der Waals surface area contributed by atoms with E-state index in [2.05, 4.69) is 10.4 Å². The average molecular weight is 245 g/mol. The zero-order chi connectivity index (χ0) is 12.5. The zero-order valence-electron chi connectivity index (χ0n) is 9.64. The first kappa shape index (κ1) is 11.0. The second-order valence-electron chi connectivity index (χ2n) is 4.37. The molecule has 1 aromatic carbocycles. The molecule has 0 bridgehead atoms. The Kier molecular flexibility index (Phi) is 2.59. The molecule has 1 N–H and O–H groups in total. The number of carbonyl (C=O) groups is 1. The molecule has 0 radical (unpaired) electrons. The summed E-state index contributed by atoms with van der Waals surface area (Å²) >= 11 is 0. The van der Waals surface area contributed by atoms with Crippen LogP contribution in [0.25, 0.3) is 5.69 Å². The number of hydrogen-bond donors (Lipinski definition) is 1. The van der Waals surface area contributed by atoms with Gasteiger partial charge in [-0.1, -0.05) is 6.07 Å². The van der Waals surface area contributed by atoms with E-state index in [1.54, 1.807) is 24.4 Å². The minimum Gasteiger partial charge on any atom is -0.310 e. The molecular weight excluding hydrogens is 233 g/mol. The monoisotopic (exact) mass is 245 g/mol. The van der Waals surface area contributed by atoms with Gasteiger partial charge in [-0.05, 0) is 31.0 Å². The van der Waals surface area contributed by atoms with Crippen LogP contribution in [0.3, 0.4) is 0 Å². The first-order chi connectivity index (χ1) is 8.74. The molecule has 92 valence electrons. The summed E-state index contributed by atoms with van der Waals surface area (Å²) in [4.78, 5) is 11.7. The molecule has 1 saturated carbocycles. The van der Waals surface area contributed by atoms with E-state index in [9.17, 15) is 9.18 Å². The number of hydrogen-bond acceptors (Lipinski definition) is 2. The van der Waals surface area contributed by atoms with Crippen LogP contribution in [0.1, 0.15) is 12.8 Å². The number of benzene rings is 1. The van der Waals surface area contributed by atoms with Gasteiger partial charge in [0.05, 0.1) is 11.9 Å². The van der Waals surface area contributed by atoms with E-state index >= 15 is 0 Å². The molecule has 0 atom stereocenters. The summed E-state index contributed by atoms with van der Waals surface area (Å²) < 4.78 is 14.7. The number of halogens is 1. The van der Waals surface area contributed by atoms with Gasteiger partial charge in [0.25, 0.3) is 0 Å². The summed E-state index contributed by atoms with van der Waals surface area (Å²) in [6, 6.07) is 7.79. The van der Waals surface area contributed by atoms with Gasteiger partial charge >= 0.3 is 0 Å². The molecular formula is C13H12FN3O. The van der Waals surface area contributed by atoms with Crippen molar-refractivity contribution in [2.45, 2.75) is 12.8 Å². The van der Waals surface area contributed by atoms with Crippen LogP contribution < -0.4 is 5.32 Å². The SMILES string of the molecule is O=C(Nc1ccnn1-c1cccc(F)c1)C1CC1. The lowest BCUT2D eigenvalue weighted by Gasteiger charge is -2.08. The Balaban J connectivity index is 1.88. The third kappa shape index (κ3) is 2.11. The number of amides is 1. The van der Waals surface area contributed by atoms with Crippen LogP contribution in [0.15, 0.2) is 36.5 Å². The van der Waals surface area contributed by atoms with Crippen LogP contribution in [0.4, 0.5) is 10.2 Å². The van der Waals surface area contributed by atoms with Gasteiger partial charge in [0.15, 0.2) is 0 Å². The molecule has 1 fully saturated rings. The number of carbonyl (C=O) groups excluding carboxylic acids is 1. The van der Waals surface area contributed by atoms with E-state index in [-0.39, 0.29) is 17.6 Å². The lowest BCUT2D eigenvalue weighted by Crippen LogP contribution is -2.16. The summed E-state index contributed by atoms with van der Waals surface area (Å²) in [6.45, 7) is 0. The van der Waals surface area contributed by atoms with Crippen molar-refractivity contribution in [3.05, 3.63) is 42.3 Å². The molecule has 1 aromatic heterocycles. The molecule has 1 aliphatic carbocycles. The Morgan fingerprint density at radius 2 is 2.22 bits per heavy atom. The molecule has 0 spiro atoms. The highest BCUT2D eigenvalue weighted by atomic mass is 19.1. The number of anilines is 1. The Hall–Kier alpha value is -2.17. The highest BCUT2D eigenvalue weighted by molar-refractivity contribution is 5.93. The van der Waals surface area contributed by atoms with Crippen LogP contribution in [0, 0.1) is 11.7 Å². The van der Waals surface area contributed by atoms with Gasteiger partial charge in [-0.15, -0.1) is 0 Å². The van der Waals surface area contributed by atoms with Gasteiger partial charge < -0.3 is 5.32 Å². The topological polar surface area (TPSA) is 46.9 Å². The number of nitrogens with one attached hydrogen (secondary N) is 1. The standard InChI is InChI=1S/C13H12FN3O/c14-10-2-1-3-11(8-10)17-12(6-7-15-17)16-13(18)9-4-5-9/h1-3,6-9H,4-5H2,(H,16,18). The van der Waals surface area contributed by atoms with E-state index in [0.717, 1.165) is 12.8 Å². The second kappa shape index (κ2) is 4.25. The smallest absolute Gasteiger partial charge is 0.228 e. The van der Waals surface area contributed by atoms with Gasteiger partial charge in [-0.25, -0.2) is 9.07 Å². The van der Waals surface area contributed by atoms with Crippen LogP contribution in [0.2, 0.25) is 0 Å². The Morgan fingerprint density at radius 3 is 2.94 bits per heavy atom. The minimum absolute atomic E-state index is 0.00755. The van der Waals surface area contributed by atoms with Crippen molar-refractivity contribution in [3.63, 3.8) is 0 Å². The molecule has 3 rings (SSSR count). The van der Waals surface area contributed by atoms with Crippen molar-refractivity contribution in [1.29, 1.82) is 0 Å². The second-order valence-corrected chi connectivity index (χ2v) is 4.37. The van der Waals surface area contributed by atoms with Crippen LogP contribution in [0.5, 0.6) is 0 Å². The molecule has 1 heterocycles. The quantitative estimate of drug-likeness (QED) is 0.902. The van der Waals surface area contributed by atoms with E-state index < -0.39 is 0 Å². The van der Waals surface area contributed by atoms with Crippen molar-refractivity contribution >= 4 is 11.7 Å². The van der Waals surface area contributed by atoms with Gasteiger partial charge in [-0.2, -0.15) is 5.10 Å². The maximum absolute atomic E-state index is 13.2. The molecule has 1 amide bonds. The summed E-state index contributed by atoms with van der Waals surface area (Å²) in [6.07, 6.45) is 3.47. The predicted molar refractivity (Wildman–Crippen MR) is 64.9 cm³/mol. The van der Waals surface area contributed by atoms with E-state index in [1.165, 1.54) is 16.8 Å². The summed E-state index contributed by atoms with van der Waals surface area (Å²) in [5, 5.41) is 6.91. The highest BCUT2D eigenvalue weighted by Crippen LogP contribution is 2.30. The lowest BCUT2D eigenvalue weighted by molar-refractivity contribution is -0.117. The van der Waals surface area contributed by atoms with Crippen LogP contribution in [-0.2, 0) is 4.79 Å². The fourth-order valence-electron chi connectivity index (χ4n) is 1.79. The number of aromatic nitrogens is 2. The molecule has 0 aliphatic heterocycles. The van der Waals surface area contributed by atoms with Crippen LogP contribution >= 0.6 is 0 Å². The van der Waals surface area contributed by atoms with Gasteiger partial charge in [0.1, 0.15) is 11.6 Å². The van der Waals surface area contributed by atoms with Crippen molar-refractivity contribution < 1.29 is 9.18 Å². The summed E-state index contributed by atoms with van der Waals surface area (Å²) in [5.41, 5.74) is 0.589. The van der Waals surface area contributed by atoms with Crippen molar-refractivity contribution in [3.8, 4) is 5.69 Å². The third-order valence-electron chi connectivity index (χ3n) is 2.89. The molecule has 1 aliphatic rings. The first-order valence-corrected chi connectivity index (χ1v) is 5.85. The maximum atomic E-state index is 13.2. The Morgan fingerprint density at radius 1 is 1.39 bits per heavy atom. The number of nitrogens with zero attached hydrogens (tertiary/aromatic N) is 2. The fraction of sp³-hybridized carbons (Fsp3) is 0.231. The van der Waals surface area contributed by atoms with Crippen molar-refractivity contribution in [2.75, 3.05) is 5.32 Å². The van der Waals surface area contributed by atoms with E-state index in [0.29, 0.717) is 11.5 Å². The Labute approximate surface area is 103 Å². The summed E-state index contributed by atoms with van der Waals surface area (Å²) in [7, 11) is 0. The molecule has 18 heavy (non-hydrogen) atoms. The lowest BCUT2D eigenvalue weighted by atomic mass is 10.3. The maximum Gasteiger partial charge on any atom is 0.228 e. The Bertz CT molecular complexity index is 589. The van der Waals surface area contributed by atoms with Crippen molar-refractivity contribution in [2.24, 2.45) is 5.92 Å². The molecule has 5 heteroatoms. The third-order valence-corrected chi connectivity index (χ3v) is 2.89. The molecule has 0 unspecified atom stereocenters. The van der Waals surface area contributed by atoms with Crippen LogP contribution in [-0.4, -0.2) is 15.7 Å². The highest BCUT2D eigenvalue weighted by Gasteiger charge is 2.30.